The highest BCUT2D eigenvalue weighted by Crippen LogP contribution is 2.33. The average Bonchev–Trinajstić information content (AvgIpc) is 2.95. The van der Waals surface area contributed by atoms with Crippen LogP contribution in [0.3, 0.4) is 0 Å². The minimum atomic E-state index is 0.525. The monoisotopic (exact) mass is 264 g/mol. The third-order valence-electron chi connectivity index (χ3n) is 4.32. The van der Waals surface area contributed by atoms with E-state index < -0.39 is 0 Å². The number of fused-ring (bicyclic) bond motifs is 1. The second-order valence-corrected chi connectivity index (χ2v) is 7.11. The Hall–Kier alpha value is -0.380. The maximum absolute atomic E-state index is 3.80. The topological polar surface area (TPSA) is 15.3 Å². The molecule has 1 aromatic rings. The second-order valence-electron chi connectivity index (χ2n) is 5.94. The van der Waals surface area contributed by atoms with Gasteiger partial charge in [-0.1, -0.05) is 0 Å². The summed E-state index contributed by atoms with van der Waals surface area (Å²) < 4.78 is 0. The number of likely N-dealkylation sites (N-methyl/N-ethyl adjacent to an activating group) is 1. The lowest BCUT2D eigenvalue weighted by molar-refractivity contribution is 0.388. The highest BCUT2D eigenvalue weighted by molar-refractivity contribution is 7.12. The van der Waals surface area contributed by atoms with Crippen LogP contribution in [0.1, 0.15) is 47.5 Å². The molecule has 100 valence electrons. The molecule has 3 rings (SSSR count). The van der Waals surface area contributed by atoms with Gasteiger partial charge in [-0.25, -0.2) is 0 Å². The van der Waals surface area contributed by atoms with Crippen molar-refractivity contribution in [3.05, 3.63) is 21.4 Å². The molecule has 18 heavy (non-hydrogen) atoms. The highest BCUT2D eigenvalue weighted by atomic mass is 32.1. The van der Waals surface area contributed by atoms with Crippen LogP contribution in [0.15, 0.2) is 6.07 Å². The first-order valence-corrected chi connectivity index (χ1v) is 8.10. The molecule has 0 radical (unpaired) electrons. The van der Waals surface area contributed by atoms with Gasteiger partial charge in [0.05, 0.1) is 0 Å². The van der Waals surface area contributed by atoms with Crippen LogP contribution in [0, 0.1) is 0 Å². The smallest absolute Gasteiger partial charge is 0.0388 e. The number of hydrogen-bond donors (Lipinski definition) is 1. The predicted octanol–water partition coefficient (Wildman–Crippen LogP) is 2.98. The average molecular weight is 264 g/mol. The van der Waals surface area contributed by atoms with Gasteiger partial charge in [0, 0.05) is 28.4 Å². The number of likely N-dealkylation sites (tertiary alicyclic amines) is 1. The first kappa shape index (κ1) is 12.6. The van der Waals surface area contributed by atoms with Crippen LogP contribution < -0.4 is 5.32 Å². The third-order valence-corrected chi connectivity index (χ3v) is 5.74. The fraction of sp³-hybridized carbons (Fsp3) is 0.733. The van der Waals surface area contributed by atoms with Crippen LogP contribution in [-0.4, -0.2) is 31.1 Å². The van der Waals surface area contributed by atoms with Crippen LogP contribution in [0.5, 0.6) is 0 Å². The lowest BCUT2D eigenvalue weighted by Crippen LogP contribution is -2.33. The minimum Gasteiger partial charge on any atom is -0.305 e. The molecule has 1 aromatic heterocycles. The van der Waals surface area contributed by atoms with E-state index in [9.17, 15) is 0 Å². The van der Waals surface area contributed by atoms with Gasteiger partial charge < -0.3 is 10.2 Å². The Morgan fingerprint density at radius 2 is 2.22 bits per heavy atom. The highest BCUT2D eigenvalue weighted by Gasteiger charge is 2.23. The third kappa shape index (κ3) is 2.63. The molecule has 1 N–H and O–H groups in total. The van der Waals surface area contributed by atoms with Gasteiger partial charge in [0.2, 0.25) is 0 Å². The van der Waals surface area contributed by atoms with Crippen LogP contribution in [-0.2, 0) is 12.8 Å². The van der Waals surface area contributed by atoms with E-state index in [1.165, 1.54) is 45.2 Å². The molecule has 3 heteroatoms. The van der Waals surface area contributed by atoms with E-state index in [2.05, 4.69) is 41.6 Å². The molecule has 2 heterocycles. The largest absolute Gasteiger partial charge is 0.305 e. The molecule has 1 aliphatic carbocycles. The Balaban J connectivity index is 1.64. The summed E-state index contributed by atoms with van der Waals surface area (Å²) in [6.45, 7) is 4.77. The number of nitrogens with zero attached hydrogens (tertiary/aromatic N) is 1. The molecule has 2 atom stereocenters. The zero-order valence-electron chi connectivity index (χ0n) is 11.5. The van der Waals surface area contributed by atoms with Gasteiger partial charge in [0.15, 0.2) is 0 Å². The first-order valence-electron chi connectivity index (χ1n) is 7.28. The summed E-state index contributed by atoms with van der Waals surface area (Å²) in [6.07, 6.45) is 6.70. The summed E-state index contributed by atoms with van der Waals surface area (Å²) in [6, 6.07) is 3.68. The number of thiophene rings is 1. The van der Waals surface area contributed by atoms with Crippen molar-refractivity contribution in [2.45, 2.75) is 51.1 Å². The van der Waals surface area contributed by atoms with Gasteiger partial charge in [0.1, 0.15) is 0 Å². The number of aryl methyl sites for hydroxylation is 2. The lowest BCUT2D eigenvalue weighted by Gasteiger charge is -2.18. The second kappa shape index (κ2) is 5.32. The van der Waals surface area contributed by atoms with Crippen molar-refractivity contribution in [3.8, 4) is 0 Å². The van der Waals surface area contributed by atoms with Crippen molar-refractivity contribution in [1.29, 1.82) is 0 Å². The number of nitrogens with one attached hydrogen (secondary N) is 1. The van der Waals surface area contributed by atoms with Gasteiger partial charge in [-0.2, -0.15) is 0 Å². The van der Waals surface area contributed by atoms with E-state index in [4.69, 9.17) is 0 Å². The summed E-state index contributed by atoms with van der Waals surface area (Å²) in [5.41, 5.74) is 1.64. The van der Waals surface area contributed by atoms with Crippen LogP contribution in [0.2, 0.25) is 0 Å². The van der Waals surface area contributed by atoms with Crippen LogP contribution in [0.25, 0.3) is 0 Å². The van der Waals surface area contributed by atoms with Gasteiger partial charge in [0.25, 0.3) is 0 Å². The zero-order chi connectivity index (χ0) is 12.5. The summed E-state index contributed by atoms with van der Waals surface area (Å²) in [5, 5.41) is 3.80. The summed E-state index contributed by atoms with van der Waals surface area (Å²) in [5.74, 6) is 0. The lowest BCUT2D eigenvalue weighted by atomic mass is 9.99. The van der Waals surface area contributed by atoms with Gasteiger partial charge in [-0.15, -0.1) is 11.3 Å². The Labute approximate surface area is 114 Å². The van der Waals surface area contributed by atoms with Crippen LogP contribution in [0.4, 0.5) is 0 Å². The van der Waals surface area contributed by atoms with Crippen molar-refractivity contribution in [2.24, 2.45) is 0 Å². The summed E-state index contributed by atoms with van der Waals surface area (Å²) >= 11 is 2.05. The SMILES string of the molecule is CC(NC1CCN(C)C1)c1cc2c(s1)CCCC2. The molecule has 2 nitrogen and oxygen atoms in total. The molecule has 2 unspecified atom stereocenters. The van der Waals surface area contributed by atoms with E-state index in [0.717, 1.165) is 0 Å². The van der Waals surface area contributed by atoms with Crippen molar-refractivity contribution < 1.29 is 0 Å². The molecular weight excluding hydrogens is 240 g/mol. The fourth-order valence-electron chi connectivity index (χ4n) is 3.23. The van der Waals surface area contributed by atoms with E-state index in [1.807, 2.05) is 0 Å². The molecule has 0 spiro atoms. The van der Waals surface area contributed by atoms with E-state index in [0.29, 0.717) is 12.1 Å². The Morgan fingerprint density at radius 3 is 2.94 bits per heavy atom. The van der Waals surface area contributed by atoms with Gasteiger partial charge in [-0.3, -0.25) is 0 Å². The molecule has 0 saturated carbocycles. The molecule has 0 bridgehead atoms. The standard InChI is InChI=1S/C15H24N2S/c1-11(16-13-7-8-17(2)10-13)15-9-12-5-3-4-6-14(12)18-15/h9,11,13,16H,3-8,10H2,1-2H3. The Kier molecular flexibility index (Phi) is 3.73. The van der Waals surface area contributed by atoms with Crippen molar-refractivity contribution >= 4 is 11.3 Å². The summed E-state index contributed by atoms with van der Waals surface area (Å²) in [4.78, 5) is 5.63. The Morgan fingerprint density at radius 1 is 1.39 bits per heavy atom. The normalized spacial score (nSPS) is 26.2. The molecular formula is C15H24N2S. The fourth-order valence-corrected chi connectivity index (χ4v) is 4.50. The van der Waals surface area contributed by atoms with Crippen molar-refractivity contribution in [3.63, 3.8) is 0 Å². The van der Waals surface area contributed by atoms with Crippen molar-refractivity contribution in [1.82, 2.24) is 10.2 Å². The van der Waals surface area contributed by atoms with E-state index >= 15 is 0 Å². The maximum Gasteiger partial charge on any atom is 0.0388 e. The quantitative estimate of drug-likeness (QED) is 0.903. The summed E-state index contributed by atoms with van der Waals surface area (Å²) in [7, 11) is 2.22. The zero-order valence-corrected chi connectivity index (χ0v) is 12.4. The molecule has 1 saturated heterocycles. The molecule has 2 aliphatic rings. The number of rotatable bonds is 3. The van der Waals surface area contributed by atoms with Crippen molar-refractivity contribution in [2.75, 3.05) is 20.1 Å². The molecule has 1 fully saturated rings. The molecule has 1 aliphatic heterocycles. The maximum atomic E-state index is 3.80. The van der Waals surface area contributed by atoms with E-state index in [1.54, 1.807) is 15.3 Å². The number of hydrogen-bond acceptors (Lipinski definition) is 3. The molecule has 0 aromatic carbocycles. The molecule has 0 amide bonds. The van der Waals surface area contributed by atoms with Gasteiger partial charge >= 0.3 is 0 Å². The van der Waals surface area contributed by atoms with E-state index in [-0.39, 0.29) is 0 Å². The first-order chi connectivity index (χ1) is 8.72. The Bertz CT molecular complexity index is 389. The predicted molar refractivity (Wildman–Crippen MR) is 78.4 cm³/mol. The van der Waals surface area contributed by atoms with Gasteiger partial charge in [-0.05, 0) is 64.3 Å². The van der Waals surface area contributed by atoms with Crippen LogP contribution >= 0.6 is 11.3 Å². The minimum absolute atomic E-state index is 0.525.